The SMILES string of the molecule is CCCCCCCCCCCC[P+](CCCCC)(CCCCC)CCCCCCCCCCCC.[Br-]. The lowest BCUT2D eigenvalue weighted by Gasteiger charge is -2.28. The molecule has 0 nitrogen and oxygen atoms in total. The Kier molecular flexibility index (Phi) is 34.8. The van der Waals surface area contributed by atoms with Gasteiger partial charge in [0.15, 0.2) is 0 Å². The zero-order valence-corrected chi connectivity index (χ0v) is 28.5. The number of hydrogen-bond acceptors (Lipinski definition) is 0. The molecule has 0 fully saturated rings. The van der Waals surface area contributed by atoms with Gasteiger partial charge in [-0.25, -0.2) is 0 Å². The van der Waals surface area contributed by atoms with Crippen molar-refractivity contribution in [2.24, 2.45) is 0 Å². The molecule has 0 rings (SSSR count). The highest BCUT2D eigenvalue weighted by Gasteiger charge is 2.34. The van der Waals surface area contributed by atoms with Crippen molar-refractivity contribution in [3.63, 3.8) is 0 Å². The van der Waals surface area contributed by atoms with Crippen molar-refractivity contribution in [2.45, 2.75) is 195 Å². The van der Waals surface area contributed by atoms with Gasteiger partial charge in [0, 0.05) is 7.26 Å². The second-order valence-electron chi connectivity index (χ2n) is 12.0. The smallest absolute Gasteiger partial charge is 0.0594 e. The number of rotatable bonds is 30. The molecule has 0 aromatic carbocycles. The summed E-state index contributed by atoms with van der Waals surface area (Å²) in [7, 11) is -0.704. The highest BCUT2D eigenvalue weighted by atomic mass is 79.9. The van der Waals surface area contributed by atoms with Crippen LogP contribution in [0.4, 0.5) is 0 Å². The van der Waals surface area contributed by atoms with E-state index in [4.69, 9.17) is 0 Å². The Morgan fingerprint density at radius 3 is 0.667 bits per heavy atom. The van der Waals surface area contributed by atoms with Gasteiger partial charge < -0.3 is 17.0 Å². The molecule has 0 atom stereocenters. The standard InChI is InChI=1S/C34H72P.BrH/c1-5-9-13-15-17-19-21-23-25-29-33-35(31-27-11-7-3,32-28-12-8-4)34-30-26-24-22-20-18-16-14-10-6-2;/h5-34H2,1-4H3;1H/q+1;/p-1. The van der Waals surface area contributed by atoms with Crippen molar-refractivity contribution in [3.05, 3.63) is 0 Å². The molecule has 0 unspecified atom stereocenters. The normalized spacial score (nSPS) is 11.7. The van der Waals surface area contributed by atoms with Gasteiger partial charge in [-0.3, -0.25) is 0 Å². The topological polar surface area (TPSA) is 0 Å². The first-order chi connectivity index (χ1) is 17.2. The summed E-state index contributed by atoms with van der Waals surface area (Å²) >= 11 is 0. The second kappa shape index (κ2) is 32.1. The predicted octanol–water partition coefficient (Wildman–Crippen LogP) is 10.2. The number of hydrogen-bond donors (Lipinski definition) is 0. The molecule has 0 aromatic heterocycles. The maximum atomic E-state index is 2.39. The van der Waals surface area contributed by atoms with Crippen molar-refractivity contribution in [1.29, 1.82) is 0 Å². The zero-order valence-electron chi connectivity index (χ0n) is 26.0. The monoisotopic (exact) mass is 590 g/mol. The van der Waals surface area contributed by atoms with Crippen LogP contribution in [0.25, 0.3) is 0 Å². The summed E-state index contributed by atoms with van der Waals surface area (Å²) in [6.45, 7) is 9.43. The van der Waals surface area contributed by atoms with E-state index in [0.717, 1.165) is 0 Å². The van der Waals surface area contributed by atoms with E-state index in [1.807, 2.05) is 0 Å². The minimum absolute atomic E-state index is 0. The summed E-state index contributed by atoms with van der Waals surface area (Å²) in [5.41, 5.74) is 0. The molecule has 0 aliphatic rings. The Balaban J connectivity index is 0. The lowest BCUT2D eigenvalue weighted by Crippen LogP contribution is -3.00. The first kappa shape index (κ1) is 39.1. The van der Waals surface area contributed by atoms with Crippen LogP contribution >= 0.6 is 7.26 Å². The van der Waals surface area contributed by atoms with Crippen LogP contribution in [-0.4, -0.2) is 24.6 Å². The van der Waals surface area contributed by atoms with Gasteiger partial charge in [-0.1, -0.05) is 156 Å². The van der Waals surface area contributed by atoms with Gasteiger partial charge in [0.2, 0.25) is 0 Å². The van der Waals surface area contributed by atoms with Crippen molar-refractivity contribution in [1.82, 2.24) is 0 Å². The van der Waals surface area contributed by atoms with E-state index in [-0.39, 0.29) is 17.0 Å². The average Bonchev–Trinajstić information content (AvgIpc) is 2.86. The molecule has 36 heavy (non-hydrogen) atoms. The van der Waals surface area contributed by atoms with Crippen LogP contribution in [0.15, 0.2) is 0 Å². The molecule has 0 aliphatic heterocycles. The molecule has 220 valence electrons. The summed E-state index contributed by atoms with van der Waals surface area (Å²) in [4.78, 5) is 0. The molecule has 0 radical (unpaired) electrons. The molecule has 0 saturated carbocycles. The second-order valence-corrected chi connectivity index (χ2v) is 16.5. The van der Waals surface area contributed by atoms with E-state index in [2.05, 4.69) is 27.7 Å². The Bertz CT molecular complexity index is 347. The molecule has 0 spiro atoms. The third-order valence-corrected chi connectivity index (χ3v) is 13.5. The zero-order chi connectivity index (χ0) is 25.7. The Labute approximate surface area is 242 Å². The highest BCUT2D eigenvalue weighted by Crippen LogP contribution is 2.61. The van der Waals surface area contributed by atoms with Gasteiger partial charge in [-0.05, 0) is 38.5 Å². The van der Waals surface area contributed by atoms with E-state index >= 15 is 0 Å². The molecule has 0 aromatic rings. The predicted molar refractivity (Wildman–Crippen MR) is 169 cm³/mol. The van der Waals surface area contributed by atoms with E-state index in [0.29, 0.717) is 0 Å². The minimum Gasteiger partial charge on any atom is -1.00 e. The van der Waals surface area contributed by atoms with Gasteiger partial charge in [0.25, 0.3) is 0 Å². The minimum atomic E-state index is -0.704. The van der Waals surface area contributed by atoms with Gasteiger partial charge >= 0.3 is 0 Å². The largest absolute Gasteiger partial charge is 1.00 e. The third kappa shape index (κ3) is 26.5. The van der Waals surface area contributed by atoms with E-state index in [1.165, 1.54) is 154 Å². The summed E-state index contributed by atoms with van der Waals surface area (Å²) in [6, 6.07) is 0. The van der Waals surface area contributed by atoms with Crippen molar-refractivity contribution in [3.8, 4) is 0 Å². The maximum absolute atomic E-state index is 2.39. The van der Waals surface area contributed by atoms with Crippen molar-refractivity contribution >= 4 is 7.26 Å². The van der Waals surface area contributed by atoms with E-state index in [1.54, 1.807) is 37.5 Å². The molecule has 0 amide bonds. The molecular weight excluding hydrogens is 519 g/mol. The summed E-state index contributed by atoms with van der Waals surface area (Å²) < 4.78 is 0. The molecule has 0 aliphatic carbocycles. The number of unbranched alkanes of at least 4 members (excludes halogenated alkanes) is 22. The summed E-state index contributed by atoms with van der Waals surface area (Å²) in [5, 5.41) is 0. The fraction of sp³-hybridized carbons (Fsp3) is 1.00. The first-order valence-corrected chi connectivity index (χ1v) is 19.6. The van der Waals surface area contributed by atoms with Crippen LogP contribution < -0.4 is 17.0 Å². The van der Waals surface area contributed by atoms with Crippen LogP contribution in [0.1, 0.15) is 195 Å². The Hall–Kier alpha value is 0.910. The first-order valence-electron chi connectivity index (χ1n) is 17.1. The molecular formula is C34H72BrP. The Morgan fingerprint density at radius 1 is 0.250 bits per heavy atom. The van der Waals surface area contributed by atoms with Crippen LogP contribution in [0, 0.1) is 0 Å². The van der Waals surface area contributed by atoms with Crippen LogP contribution in [0.2, 0.25) is 0 Å². The number of halogens is 1. The molecule has 2 heteroatoms. The van der Waals surface area contributed by atoms with Crippen molar-refractivity contribution < 1.29 is 17.0 Å². The van der Waals surface area contributed by atoms with E-state index in [9.17, 15) is 0 Å². The fourth-order valence-corrected chi connectivity index (χ4v) is 10.9. The van der Waals surface area contributed by atoms with Gasteiger partial charge in [-0.15, -0.1) is 0 Å². The quantitative estimate of drug-likeness (QED) is 0.0576. The molecule has 0 saturated heterocycles. The molecule has 0 heterocycles. The molecule has 0 N–H and O–H groups in total. The van der Waals surface area contributed by atoms with Crippen LogP contribution in [0.3, 0.4) is 0 Å². The summed E-state index contributed by atoms with van der Waals surface area (Å²) in [5.74, 6) is 0. The van der Waals surface area contributed by atoms with Gasteiger partial charge in [0.1, 0.15) is 0 Å². The maximum Gasteiger partial charge on any atom is 0.0594 e. The van der Waals surface area contributed by atoms with Crippen LogP contribution in [-0.2, 0) is 0 Å². The lowest BCUT2D eigenvalue weighted by atomic mass is 10.1. The molecule has 0 bridgehead atoms. The lowest BCUT2D eigenvalue weighted by molar-refractivity contribution is -0.00000799. The summed E-state index contributed by atoms with van der Waals surface area (Å²) in [6.07, 6.45) is 45.1. The Morgan fingerprint density at radius 2 is 0.417 bits per heavy atom. The van der Waals surface area contributed by atoms with Crippen molar-refractivity contribution in [2.75, 3.05) is 24.6 Å². The average molecular weight is 592 g/mol. The van der Waals surface area contributed by atoms with Gasteiger partial charge in [-0.2, -0.15) is 0 Å². The fourth-order valence-electron chi connectivity index (χ4n) is 5.93. The highest BCUT2D eigenvalue weighted by molar-refractivity contribution is 7.75. The van der Waals surface area contributed by atoms with E-state index < -0.39 is 7.26 Å². The third-order valence-electron chi connectivity index (χ3n) is 8.44. The van der Waals surface area contributed by atoms with Crippen LogP contribution in [0.5, 0.6) is 0 Å². The van der Waals surface area contributed by atoms with Gasteiger partial charge in [0.05, 0.1) is 24.6 Å².